The third kappa shape index (κ3) is 4.51. The molecule has 0 unspecified atom stereocenters. The number of amides is 1. The van der Waals surface area contributed by atoms with E-state index < -0.39 is 0 Å². The van der Waals surface area contributed by atoms with Crippen molar-refractivity contribution in [1.29, 1.82) is 0 Å². The van der Waals surface area contributed by atoms with Gasteiger partial charge in [-0.1, -0.05) is 48.5 Å². The minimum atomic E-state index is -0.198. The molecule has 0 atom stereocenters. The minimum absolute atomic E-state index is 0.198. The summed E-state index contributed by atoms with van der Waals surface area (Å²) in [6, 6.07) is 30.7. The number of carbonyl (C=O) groups excluding carboxylic acids is 1. The Kier molecular flexibility index (Phi) is 5.80. The van der Waals surface area contributed by atoms with Crippen LogP contribution in [-0.2, 0) is 6.54 Å². The summed E-state index contributed by atoms with van der Waals surface area (Å²) in [4.78, 5) is 21.6. The molecule has 1 amide bonds. The number of benzene rings is 4. The van der Waals surface area contributed by atoms with Gasteiger partial charge in [0, 0.05) is 45.9 Å². The molecule has 7 heteroatoms. The number of aromatic nitrogens is 2. The van der Waals surface area contributed by atoms with Gasteiger partial charge < -0.3 is 20.8 Å². The normalized spacial score (nSPS) is 11.1. The number of anilines is 3. The second-order valence-electron chi connectivity index (χ2n) is 8.63. The molecule has 6 aromatic rings. The number of rotatable bonds is 6. The average Bonchev–Trinajstić information content (AvgIpc) is 3.32. The van der Waals surface area contributed by atoms with Crippen LogP contribution in [0.4, 0.5) is 17.2 Å². The van der Waals surface area contributed by atoms with Gasteiger partial charge in [-0.25, -0.2) is 9.97 Å². The number of hydrogen-bond acceptors (Lipinski definition) is 6. The highest BCUT2D eigenvalue weighted by Crippen LogP contribution is 2.35. The van der Waals surface area contributed by atoms with Crippen molar-refractivity contribution in [1.82, 2.24) is 9.97 Å². The van der Waals surface area contributed by atoms with Crippen LogP contribution < -0.4 is 16.4 Å². The standard InChI is InChI=1S/C30H23N5O2/c31-17-19-6-3-7-20(14-19)30(36)35-22-9-4-8-21(15-22)34-28-16-26(32-18-33-28)25-12-5-11-24-23-10-1-2-13-27(23)37-29(24)25/h1-16,18H,17,31H2,(H,35,36)(H,32,33,34). The maximum Gasteiger partial charge on any atom is 0.255 e. The predicted molar refractivity (Wildman–Crippen MR) is 147 cm³/mol. The van der Waals surface area contributed by atoms with Crippen LogP contribution in [0.3, 0.4) is 0 Å². The fraction of sp³-hybridized carbons (Fsp3) is 0.0333. The molecule has 0 spiro atoms. The first-order chi connectivity index (χ1) is 18.2. The van der Waals surface area contributed by atoms with Crippen LogP contribution in [0, 0.1) is 0 Å². The van der Waals surface area contributed by atoms with E-state index in [9.17, 15) is 4.79 Å². The Balaban J connectivity index is 1.26. The zero-order valence-electron chi connectivity index (χ0n) is 19.8. The van der Waals surface area contributed by atoms with Crippen molar-refractivity contribution in [2.45, 2.75) is 6.54 Å². The molecule has 6 rings (SSSR count). The molecule has 0 aliphatic heterocycles. The maximum atomic E-state index is 12.7. The van der Waals surface area contributed by atoms with Gasteiger partial charge in [0.15, 0.2) is 0 Å². The Morgan fingerprint density at radius 2 is 1.62 bits per heavy atom. The number of nitrogens with one attached hydrogen (secondary N) is 2. The molecule has 37 heavy (non-hydrogen) atoms. The van der Waals surface area contributed by atoms with Gasteiger partial charge in [-0.2, -0.15) is 0 Å². The van der Waals surface area contributed by atoms with E-state index in [2.05, 4.69) is 32.7 Å². The van der Waals surface area contributed by atoms with Gasteiger partial charge in [0.25, 0.3) is 5.91 Å². The van der Waals surface area contributed by atoms with Crippen molar-refractivity contribution < 1.29 is 9.21 Å². The molecule has 0 saturated heterocycles. The molecule has 7 nitrogen and oxygen atoms in total. The van der Waals surface area contributed by atoms with Crippen molar-refractivity contribution in [3.63, 3.8) is 0 Å². The Hall–Kier alpha value is -5.01. The van der Waals surface area contributed by atoms with Crippen LogP contribution in [0.5, 0.6) is 0 Å². The third-order valence-electron chi connectivity index (χ3n) is 6.17. The van der Waals surface area contributed by atoms with Crippen LogP contribution in [0.25, 0.3) is 33.2 Å². The van der Waals surface area contributed by atoms with Crippen LogP contribution in [0.1, 0.15) is 15.9 Å². The lowest BCUT2D eigenvalue weighted by Crippen LogP contribution is -2.12. The smallest absolute Gasteiger partial charge is 0.255 e. The first kappa shape index (κ1) is 22.5. The fourth-order valence-corrected chi connectivity index (χ4v) is 4.39. The molecule has 2 aromatic heterocycles. The second kappa shape index (κ2) is 9.56. The number of hydrogen-bond donors (Lipinski definition) is 3. The highest BCUT2D eigenvalue weighted by atomic mass is 16.3. The van der Waals surface area contributed by atoms with E-state index in [0.29, 0.717) is 23.6 Å². The number of furan rings is 1. The Morgan fingerprint density at radius 1 is 0.811 bits per heavy atom. The van der Waals surface area contributed by atoms with Crippen molar-refractivity contribution in [2.24, 2.45) is 5.73 Å². The first-order valence-electron chi connectivity index (χ1n) is 11.9. The first-order valence-corrected chi connectivity index (χ1v) is 11.9. The van der Waals surface area contributed by atoms with E-state index in [1.54, 1.807) is 12.1 Å². The van der Waals surface area contributed by atoms with Crippen molar-refractivity contribution in [3.8, 4) is 11.3 Å². The van der Waals surface area contributed by atoms with E-state index in [1.165, 1.54) is 6.33 Å². The minimum Gasteiger partial charge on any atom is -0.455 e. The van der Waals surface area contributed by atoms with E-state index >= 15 is 0 Å². The number of carbonyl (C=O) groups is 1. The van der Waals surface area contributed by atoms with Crippen molar-refractivity contribution in [2.75, 3.05) is 10.6 Å². The lowest BCUT2D eigenvalue weighted by molar-refractivity contribution is 0.102. The molecule has 2 heterocycles. The monoisotopic (exact) mass is 485 g/mol. The number of nitrogens with zero attached hydrogens (tertiary/aromatic N) is 2. The van der Waals surface area contributed by atoms with E-state index in [0.717, 1.165) is 44.4 Å². The SMILES string of the molecule is NCc1cccc(C(=O)Nc2cccc(Nc3cc(-c4cccc5c4oc4ccccc45)ncn3)c2)c1. The summed E-state index contributed by atoms with van der Waals surface area (Å²) in [7, 11) is 0. The topological polar surface area (TPSA) is 106 Å². The summed E-state index contributed by atoms with van der Waals surface area (Å²) in [5.41, 5.74) is 11.9. The van der Waals surface area contributed by atoms with E-state index in [1.807, 2.05) is 72.8 Å². The quantitative estimate of drug-likeness (QED) is 0.249. The lowest BCUT2D eigenvalue weighted by atomic mass is 10.1. The fourth-order valence-electron chi connectivity index (χ4n) is 4.39. The van der Waals surface area contributed by atoms with Gasteiger partial charge in [0.2, 0.25) is 0 Å². The van der Waals surface area contributed by atoms with Crippen LogP contribution >= 0.6 is 0 Å². The number of nitrogens with two attached hydrogens (primary N) is 1. The molecule has 0 aliphatic carbocycles. The molecule has 0 saturated carbocycles. The van der Waals surface area contributed by atoms with Gasteiger partial charge in [0.05, 0.1) is 5.69 Å². The summed E-state index contributed by atoms with van der Waals surface area (Å²) >= 11 is 0. The third-order valence-corrected chi connectivity index (χ3v) is 6.17. The van der Waals surface area contributed by atoms with Crippen LogP contribution in [-0.4, -0.2) is 15.9 Å². The van der Waals surface area contributed by atoms with E-state index in [4.69, 9.17) is 10.2 Å². The Morgan fingerprint density at radius 3 is 2.54 bits per heavy atom. The van der Waals surface area contributed by atoms with E-state index in [-0.39, 0.29) is 5.91 Å². The maximum absolute atomic E-state index is 12.7. The molecule has 0 aliphatic rings. The zero-order valence-corrected chi connectivity index (χ0v) is 19.8. The largest absolute Gasteiger partial charge is 0.455 e. The van der Waals surface area contributed by atoms with Gasteiger partial charge >= 0.3 is 0 Å². The van der Waals surface area contributed by atoms with Crippen LogP contribution in [0.15, 0.2) is 108 Å². The summed E-state index contributed by atoms with van der Waals surface area (Å²) in [5, 5.41) is 8.36. The molecular formula is C30H23N5O2. The summed E-state index contributed by atoms with van der Waals surface area (Å²) in [6.07, 6.45) is 1.52. The highest BCUT2D eigenvalue weighted by molar-refractivity contribution is 6.09. The molecule has 0 radical (unpaired) electrons. The van der Waals surface area contributed by atoms with Crippen molar-refractivity contribution in [3.05, 3.63) is 115 Å². The van der Waals surface area contributed by atoms with Gasteiger partial charge in [-0.15, -0.1) is 0 Å². The van der Waals surface area contributed by atoms with Gasteiger partial charge in [0.1, 0.15) is 23.3 Å². The number of fused-ring (bicyclic) bond motifs is 3. The summed E-state index contributed by atoms with van der Waals surface area (Å²) < 4.78 is 6.17. The zero-order chi connectivity index (χ0) is 25.2. The van der Waals surface area contributed by atoms with Crippen molar-refractivity contribution >= 4 is 45.0 Å². The van der Waals surface area contributed by atoms with Gasteiger partial charge in [-0.05, 0) is 48.0 Å². The average molecular weight is 486 g/mol. The molecule has 0 bridgehead atoms. The molecule has 4 N–H and O–H groups in total. The highest BCUT2D eigenvalue weighted by Gasteiger charge is 2.13. The Bertz CT molecular complexity index is 1760. The van der Waals surface area contributed by atoms with Gasteiger partial charge in [-0.3, -0.25) is 4.79 Å². The summed E-state index contributed by atoms with van der Waals surface area (Å²) in [6.45, 7) is 0.381. The Labute approximate surface area is 213 Å². The molecule has 4 aromatic carbocycles. The number of para-hydroxylation sites is 2. The predicted octanol–water partition coefficient (Wildman–Crippen LogP) is 6.50. The second-order valence-corrected chi connectivity index (χ2v) is 8.63. The lowest BCUT2D eigenvalue weighted by Gasteiger charge is -2.10. The molecular weight excluding hydrogens is 462 g/mol. The van der Waals surface area contributed by atoms with Crippen LogP contribution in [0.2, 0.25) is 0 Å². The molecule has 180 valence electrons. The summed E-state index contributed by atoms with van der Waals surface area (Å²) in [5.74, 6) is 0.424. The molecule has 0 fully saturated rings.